The molecule has 2 aromatic rings. The van der Waals surface area contributed by atoms with Crippen molar-refractivity contribution < 1.29 is 13.9 Å². The summed E-state index contributed by atoms with van der Waals surface area (Å²) in [6, 6.07) is 13.2. The summed E-state index contributed by atoms with van der Waals surface area (Å²) in [4.78, 5) is 12.0. The van der Waals surface area contributed by atoms with Gasteiger partial charge in [-0.3, -0.25) is 4.79 Å². The summed E-state index contributed by atoms with van der Waals surface area (Å²) >= 11 is 0. The molecule has 0 spiro atoms. The van der Waals surface area contributed by atoms with Gasteiger partial charge in [-0.2, -0.15) is 0 Å². The van der Waals surface area contributed by atoms with Crippen molar-refractivity contribution in [3.8, 4) is 5.75 Å². The van der Waals surface area contributed by atoms with Crippen molar-refractivity contribution in [2.45, 2.75) is 6.04 Å². The van der Waals surface area contributed by atoms with Crippen LogP contribution in [-0.2, 0) is 0 Å². The van der Waals surface area contributed by atoms with Crippen molar-refractivity contribution >= 4 is 5.91 Å². The first-order chi connectivity index (χ1) is 10.1. The summed E-state index contributed by atoms with van der Waals surface area (Å²) in [6.07, 6.45) is 0. The standard InChI is InChI=1S/C16H17FN2O2/c1-21-15-9-12(7-8-13(15)17)16(20)19-10-14(18)11-5-3-2-4-6-11/h2-9,14H,10,18H2,1H3,(H,19,20). The van der Waals surface area contributed by atoms with Crippen LogP contribution in [0.5, 0.6) is 5.75 Å². The van der Waals surface area contributed by atoms with Gasteiger partial charge in [0, 0.05) is 18.2 Å². The van der Waals surface area contributed by atoms with Gasteiger partial charge in [-0.15, -0.1) is 0 Å². The van der Waals surface area contributed by atoms with E-state index in [4.69, 9.17) is 10.5 Å². The average molecular weight is 288 g/mol. The average Bonchev–Trinajstić information content (AvgIpc) is 2.53. The number of carbonyl (C=O) groups is 1. The number of hydrogen-bond acceptors (Lipinski definition) is 3. The lowest BCUT2D eigenvalue weighted by Crippen LogP contribution is -2.31. The molecule has 2 aromatic carbocycles. The Morgan fingerprint density at radius 2 is 2.00 bits per heavy atom. The molecule has 110 valence electrons. The molecule has 0 radical (unpaired) electrons. The van der Waals surface area contributed by atoms with Crippen molar-refractivity contribution in [2.75, 3.05) is 13.7 Å². The van der Waals surface area contributed by atoms with Crippen LogP contribution in [0.2, 0.25) is 0 Å². The fourth-order valence-electron chi connectivity index (χ4n) is 1.92. The van der Waals surface area contributed by atoms with E-state index in [1.807, 2.05) is 30.3 Å². The second kappa shape index (κ2) is 6.85. The van der Waals surface area contributed by atoms with Gasteiger partial charge < -0.3 is 15.8 Å². The second-order valence-corrected chi connectivity index (χ2v) is 4.58. The molecule has 0 aliphatic rings. The molecule has 5 heteroatoms. The number of carbonyl (C=O) groups excluding carboxylic acids is 1. The van der Waals surface area contributed by atoms with Gasteiger partial charge in [0.25, 0.3) is 5.91 Å². The van der Waals surface area contributed by atoms with Crippen molar-refractivity contribution in [2.24, 2.45) is 5.73 Å². The molecule has 0 bridgehead atoms. The Kier molecular flexibility index (Phi) is 4.90. The highest BCUT2D eigenvalue weighted by Gasteiger charge is 2.12. The lowest BCUT2D eigenvalue weighted by atomic mass is 10.1. The lowest BCUT2D eigenvalue weighted by molar-refractivity contribution is 0.0951. The molecule has 0 saturated heterocycles. The van der Waals surface area contributed by atoms with Crippen molar-refractivity contribution in [3.63, 3.8) is 0 Å². The molecule has 0 aliphatic carbocycles. The van der Waals surface area contributed by atoms with Crippen molar-refractivity contribution in [3.05, 3.63) is 65.5 Å². The molecule has 0 aliphatic heterocycles. The van der Waals surface area contributed by atoms with Crippen LogP contribution in [0.1, 0.15) is 22.0 Å². The van der Waals surface area contributed by atoms with Crippen LogP contribution < -0.4 is 15.8 Å². The van der Waals surface area contributed by atoms with E-state index in [1.54, 1.807) is 0 Å². The highest BCUT2D eigenvalue weighted by molar-refractivity contribution is 5.94. The van der Waals surface area contributed by atoms with E-state index in [9.17, 15) is 9.18 Å². The summed E-state index contributed by atoms with van der Waals surface area (Å²) in [5.41, 5.74) is 7.27. The molecule has 21 heavy (non-hydrogen) atoms. The first-order valence-corrected chi connectivity index (χ1v) is 6.54. The molecule has 1 amide bonds. The zero-order valence-electron chi connectivity index (χ0n) is 11.7. The Balaban J connectivity index is 1.99. The van der Waals surface area contributed by atoms with E-state index in [-0.39, 0.29) is 17.7 Å². The van der Waals surface area contributed by atoms with Crippen molar-refractivity contribution in [1.29, 1.82) is 0 Å². The third-order valence-electron chi connectivity index (χ3n) is 3.12. The predicted molar refractivity (Wildman–Crippen MR) is 78.7 cm³/mol. The van der Waals surface area contributed by atoms with Crippen LogP contribution in [0.25, 0.3) is 0 Å². The second-order valence-electron chi connectivity index (χ2n) is 4.58. The summed E-state index contributed by atoms with van der Waals surface area (Å²) in [5.74, 6) is -0.787. The zero-order chi connectivity index (χ0) is 15.2. The summed E-state index contributed by atoms with van der Waals surface area (Å²) in [5, 5.41) is 2.73. The Labute approximate surface area is 122 Å². The Morgan fingerprint density at radius 3 is 2.67 bits per heavy atom. The van der Waals surface area contributed by atoms with Crippen LogP contribution in [0.3, 0.4) is 0 Å². The van der Waals surface area contributed by atoms with Gasteiger partial charge in [0.2, 0.25) is 0 Å². The quantitative estimate of drug-likeness (QED) is 0.887. The van der Waals surface area contributed by atoms with E-state index < -0.39 is 5.82 Å². The fraction of sp³-hybridized carbons (Fsp3) is 0.188. The number of hydrogen-bond donors (Lipinski definition) is 2. The number of rotatable bonds is 5. The molecule has 4 nitrogen and oxygen atoms in total. The van der Waals surface area contributed by atoms with Gasteiger partial charge in [-0.1, -0.05) is 30.3 Å². The topological polar surface area (TPSA) is 64.3 Å². The van der Waals surface area contributed by atoms with E-state index in [0.717, 1.165) is 5.56 Å². The minimum atomic E-state index is -0.505. The maximum Gasteiger partial charge on any atom is 0.251 e. The van der Waals surface area contributed by atoms with Gasteiger partial charge in [0.15, 0.2) is 11.6 Å². The van der Waals surface area contributed by atoms with Crippen molar-refractivity contribution in [1.82, 2.24) is 5.32 Å². The highest BCUT2D eigenvalue weighted by atomic mass is 19.1. The minimum absolute atomic E-state index is 0.0370. The first-order valence-electron chi connectivity index (χ1n) is 6.54. The molecule has 2 rings (SSSR count). The lowest BCUT2D eigenvalue weighted by Gasteiger charge is -2.13. The molecule has 0 heterocycles. The van der Waals surface area contributed by atoms with Gasteiger partial charge >= 0.3 is 0 Å². The van der Waals surface area contributed by atoms with E-state index >= 15 is 0 Å². The number of halogens is 1. The Morgan fingerprint density at radius 1 is 1.29 bits per heavy atom. The van der Waals surface area contributed by atoms with Gasteiger partial charge in [0.05, 0.1) is 7.11 Å². The first kappa shape index (κ1) is 15.0. The molecule has 3 N–H and O–H groups in total. The number of nitrogens with two attached hydrogens (primary N) is 1. The minimum Gasteiger partial charge on any atom is -0.494 e. The predicted octanol–water partition coefficient (Wildman–Crippen LogP) is 2.26. The van der Waals surface area contributed by atoms with Crippen LogP contribution in [0.4, 0.5) is 4.39 Å². The molecule has 1 atom stereocenters. The third kappa shape index (κ3) is 3.79. The van der Waals surface area contributed by atoms with Crippen LogP contribution in [0, 0.1) is 5.82 Å². The normalized spacial score (nSPS) is 11.8. The maximum atomic E-state index is 13.3. The van der Waals surface area contributed by atoms with Crippen LogP contribution in [-0.4, -0.2) is 19.6 Å². The maximum absolute atomic E-state index is 13.3. The van der Waals surface area contributed by atoms with E-state index in [2.05, 4.69) is 5.32 Å². The van der Waals surface area contributed by atoms with Crippen LogP contribution in [0.15, 0.2) is 48.5 Å². The third-order valence-corrected chi connectivity index (χ3v) is 3.12. The number of benzene rings is 2. The molecule has 0 aromatic heterocycles. The number of ether oxygens (including phenoxy) is 1. The number of nitrogens with one attached hydrogen (secondary N) is 1. The molecular formula is C16H17FN2O2. The van der Waals surface area contributed by atoms with Gasteiger partial charge in [-0.05, 0) is 23.8 Å². The molecule has 0 saturated carbocycles. The smallest absolute Gasteiger partial charge is 0.251 e. The summed E-state index contributed by atoms with van der Waals surface area (Å²) in [6.45, 7) is 0.294. The Bertz CT molecular complexity index is 617. The molecular weight excluding hydrogens is 271 g/mol. The number of amides is 1. The fourth-order valence-corrected chi connectivity index (χ4v) is 1.92. The SMILES string of the molecule is COc1cc(C(=O)NCC(N)c2ccccc2)ccc1F. The zero-order valence-corrected chi connectivity index (χ0v) is 11.7. The largest absolute Gasteiger partial charge is 0.494 e. The Hall–Kier alpha value is -2.40. The summed E-state index contributed by atoms with van der Waals surface area (Å²) < 4.78 is 18.1. The van der Waals surface area contributed by atoms with Gasteiger partial charge in [-0.25, -0.2) is 4.39 Å². The highest BCUT2D eigenvalue weighted by Crippen LogP contribution is 2.18. The number of methoxy groups -OCH3 is 1. The summed E-state index contributed by atoms with van der Waals surface area (Å²) in [7, 11) is 1.35. The van der Waals surface area contributed by atoms with E-state index in [1.165, 1.54) is 25.3 Å². The van der Waals surface area contributed by atoms with E-state index in [0.29, 0.717) is 12.1 Å². The monoisotopic (exact) mass is 288 g/mol. The van der Waals surface area contributed by atoms with Crippen LogP contribution >= 0.6 is 0 Å². The molecule has 0 fully saturated rings. The van der Waals surface area contributed by atoms with Gasteiger partial charge in [0.1, 0.15) is 0 Å². The molecule has 1 unspecified atom stereocenters.